The van der Waals surface area contributed by atoms with Crippen LogP contribution in [0.15, 0.2) is 16.6 Å². The molecule has 134 valence electrons. The SMILES string of the molecule is CC(C)(C)OC(=O)N1CCN2C(NCCC3=CCCC3)=NCC2C1. The third kappa shape index (κ3) is 4.22. The number of hydrogen-bond acceptors (Lipinski definition) is 5. The second kappa shape index (κ2) is 7.03. The predicted molar refractivity (Wildman–Crippen MR) is 95.2 cm³/mol. The number of amides is 1. The van der Waals surface area contributed by atoms with Crippen molar-refractivity contribution < 1.29 is 9.53 Å². The Hall–Kier alpha value is -1.72. The van der Waals surface area contributed by atoms with Crippen LogP contribution in [0.3, 0.4) is 0 Å². The summed E-state index contributed by atoms with van der Waals surface area (Å²) in [6, 6.07) is 0.277. The number of nitrogens with zero attached hydrogens (tertiary/aromatic N) is 3. The van der Waals surface area contributed by atoms with E-state index in [0.717, 1.165) is 32.0 Å². The molecule has 0 aromatic heterocycles. The molecule has 1 aliphatic carbocycles. The largest absolute Gasteiger partial charge is 0.444 e. The van der Waals surface area contributed by atoms with Gasteiger partial charge in [0.05, 0.1) is 12.6 Å². The first-order chi connectivity index (χ1) is 11.4. The zero-order valence-corrected chi connectivity index (χ0v) is 15.2. The van der Waals surface area contributed by atoms with Crippen LogP contribution in [0.5, 0.6) is 0 Å². The minimum absolute atomic E-state index is 0.211. The van der Waals surface area contributed by atoms with Crippen LogP contribution in [0.4, 0.5) is 4.79 Å². The molecule has 1 unspecified atom stereocenters. The number of carbonyl (C=O) groups is 1. The molecule has 1 amide bonds. The molecule has 1 saturated heterocycles. The van der Waals surface area contributed by atoms with Crippen LogP contribution in [0.2, 0.25) is 0 Å². The Kier molecular flexibility index (Phi) is 5.01. The highest BCUT2D eigenvalue weighted by atomic mass is 16.6. The van der Waals surface area contributed by atoms with E-state index in [4.69, 9.17) is 4.74 Å². The second-order valence-electron chi connectivity index (χ2n) is 7.87. The highest BCUT2D eigenvalue weighted by Crippen LogP contribution is 2.21. The Morgan fingerprint density at radius 2 is 2.25 bits per heavy atom. The Balaban J connectivity index is 1.45. The zero-order chi connectivity index (χ0) is 17.2. The first-order valence-corrected chi connectivity index (χ1v) is 9.13. The number of ether oxygens (including phenoxy) is 1. The molecular weight excluding hydrogens is 304 g/mol. The van der Waals surface area contributed by atoms with Gasteiger partial charge >= 0.3 is 6.09 Å². The molecule has 1 fully saturated rings. The van der Waals surface area contributed by atoms with Gasteiger partial charge in [0.25, 0.3) is 0 Å². The van der Waals surface area contributed by atoms with E-state index in [1.807, 2.05) is 25.7 Å². The maximum Gasteiger partial charge on any atom is 0.410 e. The fourth-order valence-corrected chi connectivity index (χ4v) is 3.52. The van der Waals surface area contributed by atoms with Crippen molar-refractivity contribution >= 4 is 12.1 Å². The highest BCUT2D eigenvalue weighted by molar-refractivity contribution is 5.82. The monoisotopic (exact) mass is 334 g/mol. The van der Waals surface area contributed by atoms with E-state index < -0.39 is 5.60 Å². The molecule has 0 aromatic carbocycles. The van der Waals surface area contributed by atoms with Crippen molar-refractivity contribution in [1.29, 1.82) is 0 Å². The van der Waals surface area contributed by atoms with Crippen LogP contribution in [0, 0.1) is 0 Å². The molecule has 1 N–H and O–H groups in total. The molecule has 2 aliphatic heterocycles. The van der Waals surface area contributed by atoms with E-state index >= 15 is 0 Å². The van der Waals surface area contributed by atoms with Crippen molar-refractivity contribution in [3.05, 3.63) is 11.6 Å². The van der Waals surface area contributed by atoms with E-state index in [2.05, 4.69) is 21.3 Å². The number of hydrogen-bond donors (Lipinski definition) is 1. The number of carbonyl (C=O) groups excluding carboxylic acids is 1. The van der Waals surface area contributed by atoms with Gasteiger partial charge < -0.3 is 19.9 Å². The average Bonchev–Trinajstić information content (AvgIpc) is 3.15. The van der Waals surface area contributed by atoms with Gasteiger partial charge in [-0.25, -0.2) is 4.79 Å². The van der Waals surface area contributed by atoms with Crippen LogP contribution < -0.4 is 5.32 Å². The minimum Gasteiger partial charge on any atom is -0.444 e. The molecule has 0 spiro atoms. The van der Waals surface area contributed by atoms with Crippen LogP contribution in [-0.4, -0.2) is 66.2 Å². The minimum atomic E-state index is -0.442. The quantitative estimate of drug-likeness (QED) is 0.805. The smallest absolute Gasteiger partial charge is 0.410 e. The van der Waals surface area contributed by atoms with Gasteiger partial charge in [0.1, 0.15) is 5.60 Å². The summed E-state index contributed by atoms with van der Waals surface area (Å²) < 4.78 is 5.48. The fraction of sp³-hybridized carbons (Fsp3) is 0.778. The standard InChI is InChI=1S/C18H30N4O2/c1-18(2,3)24-17(23)21-10-11-22-15(13-21)12-20-16(22)19-9-8-14-6-4-5-7-14/h6,15H,4-5,7-13H2,1-3H3,(H,19,20). The highest BCUT2D eigenvalue weighted by Gasteiger charge is 2.36. The lowest BCUT2D eigenvalue weighted by Gasteiger charge is -2.39. The number of rotatable bonds is 3. The van der Waals surface area contributed by atoms with E-state index in [9.17, 15) is 4.79 Å². The van der Waals surface area contributed by atoms with Crippen molar-refractivity contribution in [2.24, 2.45) is 4.99 Å². The molecule has 0 aromatic rings. The third-order valence-electron chi connectivity index (χ3n) is 4.72. The van der Waals surface area contributed by atoms with Crippen LogP contribution in [-0.2, 0) is 4.74 Å². The lowest BCUT2D eigenvalue weighted by atomic mass is 10.1. The molecule has 24 heavy (non-hydrogen) atoms. The number of guanidine groups is 1. The fourth-order valence-electron chi connectivity index (χ4n) is 3.52. The van der Waals surface area contributed by atoms with E-state index in [0.29, 0.717) is 13.1 Å². The van der Waals surface area contributed by atoms with Gasteiger partial charge in [0.2, 0.25) is 0 Å². The first kappa shape index (κ1) is 17.1. The van der Waals surface area contributed by atoms with Crippen molar-refractivity contribution in [2.75, 3.05) is 32.7 Å². The van der Waals surface area contributed by atoms with Crippen LogP contribution in [0.25, 0.3) is 0 Å². The summed E-state index contributed by atoms with van der Waals surface area (Å²) >= 11 is 0. The van der Waals surface area contributed by atoms with E-state index in [1.165, 1.54) is 19.3 Å². The summed E-state index contributed by atoms with van der Waals surface area (Å²) in [7, 11) is 0. The molecule has 6 nitrogen and oxygen atoms in total. The van der Waals surface area contributed by atoms with Gasteiger partial charge in [-0.1, -0.05) is 11.6 Å². The van der Waals surface area contributed by atoms with E-state index in [-0.39, 0.29) is 12.1 Å². The van der Waals surface area contributed by atoms with Crippen molar-refractivity contribution in [3.63, 3.8) is 0 Å². The maximum absolute atomic E-state index is 12.2. The topological polar surface area (TPSA) is 57.2 Å². The molecule has 3 aliphatic rings. The van der Waals surface area contributed by atoms with Gasteiger partial charge in [-0.2, -0.15) is 0 Å². The second-order valence-corrected chi connectivity index (χ2v) is 7.87. The molecule has 0 saturated carbocycles. The zero-order valence-electron chi connectivity index (χ0n) is 15.2. The van der Waals surface area contributed by atoms with Crippen molar-refractivity contribution in [2.45, 2.75) is 58.1 Å². The summed E-state index contributed by atoms with van der Waals surface area (Å²) in [5, 5.41) is 3.49. The van der Waals surface area contributed by atoms with Gasteiger partial charge in [-0.05, 0) is 46.5 Å². The van der Waals surface area contributed by atoms with Crippen LogP contribution in [0.1, 0.15) is 46.5 Å². The Labute approximate surface area is 144 Å². The third-order valence-corrected chi connectivity index (χ3v) is 4.72. The molecule has 1 atom stereocenters. The van der Waals surface area contributed by atoms with Crippen molar-refractivity contribution in [3.8, 4) is 0 Å². The Bertz CT molecular complexity index is 536. The summed E-state index contributed by atoms with van der Waals surface area (Å²) in [6.07, 6.45) is 7.08. The lowest BCUT2D eigenvalue weighted by Crippen LogP contribution is -2.57. The molecule has 6 heteroatoms. The molecular formula is C18H30N4O2. The van der Waals surface area contributed by atoms with Gasteiger partial charge in [-0.15, -0.1) is 0 Å². The maximum atomic E-state index is 12.2. The number of allylic oxidation sites excluding steroid dienone is 1. The first-order valence-electron chi connectivity index (χ1n) is 9.13. The number of fused-ring (bicyclic) bond motifs is 1. The summed E-state index contributed by atoms with van der Waals surface area (Å²) in [5.74, 6) is 1.00. The molecule has 3 rings (SSSR count). The number of piperazine rings is 1. The lowest BCUT2D eigenvalue weighted by molar-refractivity contribution is 0.0137. The van der Waals surface area contributed by atoms with E-state index in [1.54, 1.807) is 5.57 Å². The van der Waals surface area contributed by atoms with Crippen molar-refractivity contribution in [1.82, 2.24) is 15.1 Å². The van der Waals surface area contributed by atoms with Gasteiger partial charge in [0.15, 0.2) is 5.96 Å². The summed E-state index contributed by atoms with van der Waals surface area (Å²) in [5.41, 5.74) is 1.13. The molecule has 0 bridgehead atoms. The van der Waals surface area contributed by atoms with Crippen LogP contribution >= 0.6 is 0 Å². The number of nitrogens with one attached hydrogen (secondary N) is 1. The molecule has 2 heterocycles. The van der Waals surface area contributed by atoms with Gasteiger partial charge in [-0.3, -0.25) is 4.99 Å². The summed E-state index contributed by atoms with van der Waals surface area (Å²) in [6.45, 7) is 9.61. The average molecular weight is 334 g/mol. The normalized spacial score (nSPS) is 23.7. The Morgan fingerprint density at radius 1 is 1.42 bits per heavy atom. The molecule has 0 radical (unpaired) electrons. The number of aliphatic imine (C=N–C) groups is 1. The predicted octanol–water partition coefficient (Wildman–Crippen LogP) is 2.37. The Morgan fingerprint density at radius 3 is 2.96 bits per heavy atom. The van der Waals surface area contributed by atoms with Gasteiger partial charge in [0, 0.05) is 26.2 Å². The summed E-state index contributed by atoms with van der Waals surface area (Å²) in [4.78, 5) is 21.0.